The molecule has 0 unspecified atom stereocenters. The fourth-order valence-corrected chi connectivity index (χ4v) is 3.52. The van der Waals surface area contributed by atoms with Gasteiger partial charge in [-0.3, -0.25) is 0 Å². The minimum absolute atomic E-state index is 0.101. The standard InChI is InChI=1S/C15H20N2O/c1-17-6-3-15(4-7-17)10-12-8-13-11(2-5-16-13)9-14(12)18-15/h8-9,16H,2-7,10H2,1H3. The number of hydrogen-bond acceptors (Lipinski definition) is 3. The van der Waals surface area contributed by atoms with Crippen LogP contribution >= 0.6 is 0 Å². The number of hydrogen-bond donors (Lipinski definition) is 1. The van der Waals surface area contributed by atoms with Crippen molar-refractivity contribution in [1.82, 2.24) is 4.90 Å². The molecule has 3 aliphatic heterocycles. The predicted octanol–water partition coefficient (Wildman–Crippen LogP) is 2.05. The molecule has 0 atom stereocenters. The van der Waals surface area contributed by atoms with Crippen molar-refractivity contribution in [2.75, 3.05) is 32.0 Å². The molecular formula is C15H20N2O. The Hall–Kier alpha value is -1.22. The van der Waals surface area contributed by atoms with Crippen LogP contribution in [0.25, 0.3) is 0 Å². The molecule has 0 saturated carbocycles. The molecule has 1 N–H and O–H groups in total. The molecule has 1 spiro atoms. The van der Waals surface area contributed by atoms with E-state index in [4.69, 9.17) is 4.74 Å². The van der Waals surface area contributed by atoms with Gasteiger partial charge in [0.15, 0.2) is 0 Å². The lowest BCUT2D eigenvalue weighted by Gasteiger charge is -2.37. The van der Waals surface area contributed by atoms with Crippen LogP contribution in [0.3, 0.4) is 0 Å². The molecule has 1 fully saturated rings. The molecule has 3 heteroatoms. The van der Waals surface area contributed by atoms with E-state index >= 15 is 0 Å². The van der Waals surface area contributed by atoms with Crippen molar-refractivity contribution in [3.05, 3.63) is 23.3 Å². The number of nitrogens with zero attached hydrogens (tertiary/aromatic N) is 1. The number of benzene rings is 1. The van der Waals surface area contributed by atoms with Gasteiger partial charge in [0.1, 0.15) is 11.4 Å². The van der Waals surface area contributed by atoms with Crippen molar-refractivity contribution in [2.24, 2.45) is 0 Å². The minimum atomic E-state index is 0.101. The lowest BCUT2D eigenvalue weighted by atomic mass is 9.87. The van der Waals surface area contributed by atoms with Crippen LogP contribution in [-0.2, 0) is 12.8 Å². The molecule has 3 aliphatic rings. The van der Waals surface area contributed by atoms with Gasteiger partial charge >= 0.3 is 0 Å². The quantitative estimate of drug-likeness (QED) is 0.756. The number of piperidine rings is 1. The summed E-state index contributed by atoms with van der Waals surface area (Å²) < 4.78 is 6.35. The molecule has 0 aromatic heterocycles. The molecular weight excluding hydrogens is 224 g/mol. The summed E-state index contributed by atoms with van der Waals surface area (Å²) in [4.78, 5) is 2.40. The lowest BCUT2D eigenvalue weighted by Crippen LogP contribution is -2.45. The van der Waals surface area contributed by atoms with Gasteiger partial charge in [-0.05, 0) is 31.2 Å². The number of fused-ring (bicyclic) bond motifs is 2. The largest absolute Gasteiger partial charge is 0.487 e. The summed E-state index contributed by atoms with van der Waals surface area (Å²) in [5.74, 6) is 1.15. The van der Waals surface area contributed by atoms with Crippen molar-refractivity contribution in [1.29, 1.82) is 0 Å². The highest BCUT2D eigenvalue weighted by Gasteiger charge is 2.41. The minimum Gasteiger partial charge on any atom is -0.487 e. The predicted molar refractivity (Wildman–Crippen MR) is 72.4 cm³/mol. The Bertz CT molecular complexity index is 455. The van der Waals surface area contributed by atoms with E-state index in [1.165, 1.54) is 16.8 Å². The fourth-order valence-electron chi connectivity index (χ4n) is 3.52. The molecule has 0 aliphatic carbocycles. The van der Waals surface area contributed by atoms with E-state index in [0.29, 0.717) is 0 Å². The summed E-state index contributed by atoms with van der Waals surface area (Å²) in [5, 5.41) is 3.46. The topological polar surface area (TPSA) is 24.5 Å². The molecule has 96 valence electrons. The van der Waals surface area contributed by atoms with Gasteiger partial charge in [0.2, 0.25) is 0 Å². The number of ether oxygens (including phenoxy) is 1. The summed E-state index contributed by atoms with van der Waals surface area (Å²) in [6.45, 7) is 3.39. The second-order valence-electron chi connectivity index (χ2n) is 6.06. The Labute approximate surface area is 108 Å². The molecule has 0 amide bonds. The summed E-state index contributed by atoms with van der Waals surface area (Å²) in [6, 6.07) is 4.60. The van der Waals surface area contributed by atoms with E-state index in [2.05, 4.69) is 29.4 Å². The summed E-state index contributed by atoms with van der Waals surface area (Å²) in [7, 11) is 2.20. The van der Waals surface area contributed by atoms with Crippen LogP contribution in [0.2, 0.25) is 0 Å². The zero-order chi connectivity index (χ0) is 12.2. The van der Waals surface area contributed by atoms with E-state index in [9.17, 15) is 0 Å². The Morgan fingerprint density at radius 2 is 2.06 bits per heavy atom. The van der Waals surface area contributed by atoms with E-state index in [1.807, 2.05) is 0 Å². The lowest BCUT2D eigenvalue weighted by molar-refractivity contribution is 0.0271. The Balaban J connectivity index is 1.64. The van der Waals surface area contributed by atoms with Crippen LogP contribution in [-0.4, -0.2) is 37.2 Å². The van der Waals surface area contributed by atoms with Gasteiger partial charge in [0.05, 0.1) is 0 Å². The molecule has 3 nitrogen and oxygen atoms in total. The zero-order valence-electron chi connectivity index (χ0n) is 11.0. The molecule has 0 bridgehead atoms. The fraction of sp³-hybridized carbons (Fsp3) is 0.600. The van der Waals surface area contributed by atoms with Crippen molar-refractivity contribution < 1.29 is 4.74 Å². The van der Waals surface area contributed by atoms with E-state index < -0.39 is 0 Å². The molecule has 4 rings (SSSR count). The highest BCUT2D eigenvalue weighted by atomic mass is 16.5. The van der Waals surface area contributed by atoms with Gasteiger partial charge in [-0.1, -0.05) is 0 Å². The summed E-state index contributed by atoms with van der Waals surface area (Å²) >= 11 is 0. The number of anilines is 1. The summed E-state index contributed by atoms with van der Waals surface area (Å²) in [6.07, 6.45) is 4.57. The van der Waals surface area contributed by atoms with Crippen LogP contribution < -0.4 is 10.1 Å². The average Bonchev–Trinajstić information content (AvgIpc) is 2.93. The third-order valence-corrected chi connectivity index (χ3v) is 4.73. The third kappa shape index (κ3) is 1.53. The molecule has 3 heterocycles. The maximum absolute atomic E-state index is 6.35. The second-order valence-corrected chi connectivity index (χ2v) is 6.06. The maximum atomic E-state index is 6.35. The van der Waals surface area contributed by atoms with Crippen LogP contribution in [0.4, 0.5) is 5.69 Å². The number of rotatable bonds is 0. The molecule has 1 aromatic rings. The van der Waals surface area contributed by atoms with Gasteiger partial charge in [0, 0.05) is 50.1 Å². The number of likely N-dealkylation sites (tertiary alicyclic amines) is 1. The number of nitrogens with one attached hydrogen (secondary N) is 1. The second kappa shape index (κ2) is 3.64. The maximum Gasteiger partial charge on any atom is 0.123 e. The van der Waals surface area contributed by atoms with Crippen LogP contribution in [0.15, 0.2) is 12.1 Å². The third-order valence-electron chi connectivity index (χ3n) is 4.73. The van der Waals surface area contributed by atoms with Crippen molar-refractivity contribution in [2.45, 2.75) is 31.3 Å². The highest BCUT2D eigenvalue weighted by Crippen LogP contribution is 2.43. The first-order valence-corrected chi connectivity index (χ1v) is 7.01. The molecule has 18 heavy (non-hydrogen) atoms. The smallest absolute Gasteiger partial charge is 0.123 e. The Morgan fingerprint density at radius 3 is 2.89 bits per heavy atom. The first kappa shape index (κ1) is 10.7. The van der Waals surface area contributed by atoms with Gasteiger partial charge in [-0.2, -0.15) is 0 Å². The van der Waals surface area contributed by atoms with Crippen LogP contribution in [0.5, 0.6) is 5.75 Å². The van der Waals surface area contributed by atoms with Gasteiger partial charge in [-0.15, -0.1) is 0 Å². The monoisotopic (exact) mass is 244 g/mol. The van der Waals surface area contributed by atoms with E-state index in [-0.39, 0.29) is 5.60 Å². The molecule has 1 saturated heterocycles. The van der Waals surface area contributed by atoms with Crippen molar-refractivity contribution in [3.8, 4) is 5.75 Å². The van der Waals surface area contributed by atoms with Crippen molar-refractivity contribution in [3.63, 3.8) is 0 Å². The first-order valence-electron chi connectivity index (χ1n) is 7.01. The van der Waals surface area contributed by atoms with E-state index in [0.717, 1.165) is 51.1 Å². The van der Waals surface area contributed by atoms with Crippen molar-refractivity contribution >= 4 is 5.69 Å². The average molecular weight is 244 g/mol. The van der Waals surface area contributed by atoms with Gasteiger partial charge < -0.3 is 15.0 Å². The van der Waals surface area contributed by atoms with Crippen LogP contribution in [0, 0.1) is 0 Å². The Morgan fingerprint density at radius 1 is 1.22 bits per heavy atom. The summed E-state index contributed by atoms with van der Waals surface area (Å²) in [5.41, 5.74) is 4.28. The molecule has 1 aromatic carbocycles. The van der Waals surface area contributed by atoms with Gasteiger partial charge in [-0.25, -0.2) is 0 Å². The normalized spacial score (nSPS) is 24.5. The van der Waals surface area contributed by atoms with Crippen LogP contribution in [0.1, 0.15) is 24.0 Å². The zero-order valence-corrected chi connectivity index (χ0v) is 11.0. The SMILES string of the molecule is CN1CCC2(CC1)Cc1cc3c(cc1O2)CCN3. The highest BCUT2D eigenvalue weighted by molar-refractivity contribution is 5.62. The Kier molecular flexibility index (Phi) is 2.16. The molecule has 0 radical (unpaired) electrons. The van der Waals surface area contributed by atoms with Gasteiger partial charge in [0.25, 0.3) is 0 Å². The first-order chi connectivity index (χ1) is 8.74. The van der Waals surface area contributed by atoms with E-state index in [1.54, 1.807) is 0 Å².